The second-order valence-electron chi connectivity index (χ2n) is 10.4. The quantitative estimate of drug-likeness (QED) is 0.455. The second-order valence-corrected chi connectivity index (χ2v) is 10.4. The van der Waals surface area contributed by atoms with Gasteiger partial charge in [-0.05, 0) is 80.9 Å². The van der Waals surface area contributed by atoms with E-state index < -0.39 is 12.1 Å². The van der Waals surface area contributed by atoms with Gasteiger partial charge in [0.25, 0.3) is 0 Å². The number of carbonyl (C=O) groups is 2. The zero-order chi connectivity index (χ0) is 27.3. The van der Waals surface area contributed by atoms with Gasteiger partial charge in [-0.25, -0.2) is 0 Å². The number of likely N-dealkylation sites (N-methyl/N-ethyl adjacent to an activating group) is 1. The molecular formula is C28H36F3N5O2. The van der Waals surface area contributed by atoms with Crippen LogP contribution in [0.4, 0.5) is 30.2 Å². The molecule has 1 atom stereocenters. The van der Waals surface area contributed by atoms with Gasteiger partial charge >= 0.3 is 6.18 Å². The first-order chi connectivity index (χ1) is 18.1. The Kier molecular flexibility index (Phi) is 8.81. The van der Waals surface area contributed by atoms with Crippen molar-refractivity contribution in [3.05, 3.63) is 53.6 Å². The summed E-state index contributed by atoms with van der Waals surface area (Å²) in [5, 5.41) is 9.09. The van der Waals surface area contributed by atoms with Crippen LogP contribution in [0.1, 0.15) is 30.4 Å². The predicted octanol–water partition coefficient (Wildman–Crippen LogP) is 4.07. The van der Waals surface area contributed by atoms with Gasteiger partial charge in [-0.1, -0.05) is 6.07 Å². The fourth-order valence-electron chi connectivity index (χ4n) is 4.96. The standard InChI is InChI=1S/C28H36F3N5O2/c1-35(2)12-9-19-15-24(4-3-20(19)17-33-27(38)21-16-26(37)32-18-21)34-23-5-7-25(8-6-23)36-13-10-22(11-14-36)28(29,30)31/h3-8,15,21-22,34H,9-14,16-18H2,1-2H3,(H,32,37)(H,33,38). The van der Waals surface area contributed by atoms with Gasteiger partial charge in [0.1, 0.15) is 0 Å². The predicted molar refractivity (Wildman–Crippen MR) is 142 cm³/mol. The van der Waals surface area contributed by atoms with E-state index in [0.717, 1.165) is 41.2 Å². The number of amides is 2. The van der Waals surface area contributed by atoms with E-state index in [4.69, 9.17) is 0 Å². The van der Waals surface area contributed by atoms with Crippen LogP contribution < -0.4 is 20.9 Å². The van der Waals surface area contributed by atoms with Gasteiger partial charge in [0, 0.05) is 56.2 Å². The number of benzene rings is 2. The lowest BCUT2D eigenvalue weighted by Gasteiger charge is -2.34. The largest absolute Gasteiger partial charge is 0.391 e. The van der Waals surface area contributed by atoms with E-state index in [1.165, 1.54) is 0 Å². The molecule has 2 aliphatic rings. The van der Waals surface area contributed by atoms with E-state index in [-0.39, 0.29) is 37.0 Å². The first-order valence-corrected chi connectivity index (χ1v) is 13.1. The molecule has 2 saturated heterocycles. The third-order valence-electron chi connectivity index (χ3n) is 7.31. The minimum atomic E-state index is -4.11. The Morgan fingerprint density at radius 2 is 1.74 bits per heavy atom. The number of alkyl halides is 3. The smallest absolute Gasteiger partial charge is 0.372 e. The Bertz CT molecular complexity index is 1110. The van der Waals surface area contributed by atoms with Crippen molar-refractivity contribution < 1.29 is 22.8 Å². The molecule has 2 aliphatic heterocycles. The topological polar surface area (TPSA) is 76.7 Å². The summed E-state index contributed by atoms with van der Waals surface area (Å²) in [6.07, 6.45) is -2.82. The van der Waals surface area contributed by atoms with Gasteiger partial charge in [-0.15, -0.1) is 0 Å². The van der Waals surface area contributed by atoms with Crippen LogP contribution >= 0.6 is 0 Å². The number of hydrogen-bond donors (Lipinski definition) is 3. The molecule has 2 aromatic rings. The van der Waals surface area contributed by atoms with E-state index >= 15 is 0 Å². The molecule has 0 saturated carbocycles. The summed E-state index contributed by atoms with van der Waals surface area (Å²) >= 11 is 0. The average Bonchev–Trinajstić information content (AvgIpc) is 3.33. The van der Waals surface area contributed by atoms with E-state index in [9.17, 15) is 22.8 Å². The van der Waals surface area contributed by atoms with Crippen LogP contribution in [0.5, 0.6) is 0 Å². The first kappa shape index (κ1) is 27.8. The molecule has 38 heavy (non-hydrogen) atoms. The summed E-state index contributed by atoms with van der Waals surface area (Å²) in [7, 11) is 4.03. The fourth-order valence-corrected chi connectivity index (χ4v) is 4.96. The molecular weight excluding hydrogens is 495 g/mol. The number of anilines is 3. The number of piperidine rings is 1. The van der Waals surface area contributed by atoms with Crippen molar-refractivity contribution in [1.82, 2.24) is 15.5 Å². The third kappa shape index (κ3) is 7.40. The van der Waals surface area contributed by atoms with Crippen molar-refractivity contribution in [3.63, 3.8) is 0 Å². The van der Waals surface area contributed by atoms with Crippen LogP contribution in [-0.2, 0) is 22.6 Å². The van der Waals surface area contributed by atoms with Crippen molar-refractivity contribution in [2.75, 3.05) is 50.5 Å². The molecule has 2 heterocycles. The van der Waals surface area contributed by atoms with Crippen LogP contribution in [-0.4, -0.2) is 63.2 Å². The number of halogens is 3. The van der Waals surface area contributed by atoms with Crippen LogP contribution in [0.15, 0.2) is 42.5 Å². The highest BCUT2D eigenvalue weighted by molar-refractivity contribution is 5.89. The van der Waals surface area contributed by atoms with Crippen molar-refractivity contribution in [1.29, 1.82) is 0 Å². The number of carbonyl (C=O) groups excluding carboxylic acids is 2. The minimum absolute atomic E-state index is 0.0914. The highest BCUT2D eigenvalue weighted by atomic mass is 19.4. The molecule has 2 aromatic carbocycles. The SMILES string of the molecule is CN(C)CCc1cc(Nc2ccc(N3CCC(C(F)(F)F)CC3)cc2)ccc1CNC(=O)C1CNC(=O)C1. The summed E-state index contributed by atoms with van der Waals surface area (Å²) in [6.45, 7) is 2.43. The van der Waals surface area contributed by atoms with Crippen molar-refractivity contribution in [2.45, 2.75) is 38.4 Å². The zero-order valence-corrected chi connectivity index (χ0v) is 21.9. The van der Waals surface area contributed by atoms with E-state index in [0.29, 0.717) is 26.2 Å². The summed E-state index contributed by atoms with van der Waals surface area (Å²) < 4.78 is 38.9. The van der Waals surface area contributed by atoms with E-state index in [2.05, 4.69) is 26.9 Å². The Balaban J connectivity index is 1.38. The molecule has 7 nitrogen and oxygen atoms in total. The fraction of sp³-hybridized carbons (Fsp3) is 0.500. The maximum Gasteiger partial charge on any atom is 0.391 e. The molecule has 206 valence electrons. The van der Waals surface area contributed by atoms with Gasteiger partial charge in [0.15, 0.2) is 0 Å². The highest BCUT2D eigenvalue weighted by Gasteiger charge is 2.41. The number of nitrogens with one attached hydrogen (secondary N) is 3. The maximum atomic E-state index is 13.0. The molecule has 2 fully saturated rings. The minimum Gasteiger partial charge on any atom is -0.372 e. The Labute approximate surface area is 221 Å². The number of hydrogen-bond acceptors (Lipinski definition) is 5. The molecule has 4 rings (SSSR count). The third-order valence-corrected chi connectivity index (χ3v) is 7.31. The molecule has 0 spiro atoms. The van der Waals surface area contributed by atoms with Crippen LogP contribution in [0.25, 0.3) is 0 Å². The van der Waals surface area contributed by atoms with Crippen LogP contribution in [0.2, 0.25) is 0 Å². The first-order valence-electron chi connectivity index (χ1n) is 13.1. The Morgan fingerprint density at radius 3 is 2.34 bits per heavy atom. The normalized spacial score (nSPS) is 18.5. The summed E-state index contributed by atoms with van der Waals surface area (Å²) in [4.78, 5) is 28.0. The van der Waals surface area contributed by atoms with Gasteiger partial charge in [0.05, 0.1) is 11.8 Å². The van der Waals surface area contributed by atoms with Crippen LogP contribution in [0.3, 0.4) is 0 Å². The Hall–Kier alpha value is -3.27. The second kappa shape index (κ2) is 12.1. The lowest BCUT2D eigenvalue weighted by Crippen LogP contribution is -2.38. The molecule has 0 radical (unpaired) electrons. The molecule has 0 bridgehead atoms. The molecule has 10 heteroatoms. The number of nitrogens with zero attached hydrogens (tertiary/aromatic N) is 2. The van der Waals surface area contributed by atoms with Crippen molar-refractivity contribution in [3.8, 4) is 0 Å². The summed E-state index contributed by atoms with van der Waals surface area (Å²) in [6, 6.07) is 13.8. The lowest BCUT2D eigenvalue weighted by atomic mass is 9.96. The molecule has 0 aromatic heterocycles. The maximum absolute atomic E-state index is 13.0. The van der Waals surface area contributed by atoms with E-state index in [1.54, 1.807) is 0 Å². The van der Waals surface area contributed by atoms with Crippen LogP contribution in [0, 0.1) is 11.8 Å². The summed E-state index contributed by atoms with van der Waals surface area (Å²) in [5.74, 6) is -1.74. The van der Waals surface area contributed by atoms with Crippen molar-refractivity contribution in [2.24, 2.45) is 11.8 Å². The zero-order valence-electron chi connectivity index (χ0n) is 21.9. The monoisotopic (exact) mass is 531 g/mol. The van der Waals surface area contributed by atoms with Crippen molar-refractivity contribution >= 4 is 28.9 Å². The van der Waals surface area contributed by atoms with Gasteiger partial charge in [-0.3, -0.25) is 9.59 Å². The van der Waals surface area contributed by atoms with Gasteiger partial charge < -0.3 is 25.8 Å². The lowest BCUT2D eigenvalue weighted by molar-refractivity contribution is -0.179. The number of rotatable bonds is 9. The van der Waals surface area contributed by atoms with Gasteiger partial charge in [-0.2, -0.15) is 13.2 Å². The highest BCUT2D eigenvalue weighted by Crippen LogP contribution is 2.35. The van der Waals surface area contributed by atoms with Gasteiger partial charge in [0.2, 0.25) is 11.8 Å². The molecule has 3 N–H and O–H groups in total. The molecule has 1 unspecified atom stereocenters. The molecule has 2 amide bonds. The Morgan fingerprint density at radius 1 is 1.05 bits per heavy atom. The molecule has 0 aliphatic carbocycles. The van der Waals surface area contributed by atoms with E-state index in [1.807, 2.05) is 55.4 Å². The average molecular weight is 532 g/mol. The summed E-state index contributed by atoms with van der Waals surface area (Å²) in [5.41, 5.74) is 4.87.